The number of Topliss-reactive ketones (excluding diaryl/α,β-unsaturated/α-hetero) is 1. The average molecular weight is 652 g/mol. The molecule has 2 atom stereocenters. The standard InChI is InChI=1S/C30H49N7O9/c1-27(2,3)46-26(43)32-19-12-11-13-37-15-18(35-36-37)16-45-17-20(22(39)33-30(8,9)25(42)44-10)31-24(41)29(6,7)34-23(40)28(4,5)14-21(19)38/h15,19-20H,11-14,16-17H2,1-10H3,(H,31,41)(H,32,43)(H,33,39)(H,34,40)/t19-,20-/m0/s1. The molecule has 2 bridgehead atoms. The van der Waals surface area contributed by atoms with Gasteiger partial charge in [-0.3, -0.25) is 23.9 Å². The first-order valence-electron chi connectivity index (χ1n) is 15.1. The van der Waals surface area contributed by atoms with Crippen LogP contribution in [0.25, 0.3) is 0 Å². The minimum absolute atomic E-state index is 0.0598. The van der Waals surface area contributed by atoms with Crippen molar-refractivity contribution in [3.05, 3.63) is 11.9 Å². The zero-order chi connectivity index (χ0) is 35.1. The number of hydrogen-bond donors (Lipinski definition) is 4. The molecule has 46 heavy (non-hydrogen) atoms. The first-order valence-corrected chi connectivity index (χ1v) is 15.1. The zero-order valence-electron chi connectivity index (χ0n) is 28.5. The maximum absolute atomic E-state index is 13.5. The molecule has 0 saturated heterocycles. The van der Waals surface area contributed by atoms with Crippen LogP contribution in [0.4, 0.5) is 4.79 Å². The summed E-state index contributed by atoms with van der Waals surface area (Å²) < 4.78 is 17.4. The topological polar surface area (TPSA) is 209 Å². The number of carbonyl (C=O) groups excluding carboxylic acids is 6. The van der Waals surface area contributed by atoms with Gasteiger partial charge in [0.1, 0.15) is 28.4 Å². The number of nitrogens with zero attached hydrogens (tertiary/aromatic N) is 3. The first kappa shape index (κ1) is 38.1. The van der Waals surface area contributed by atoms with Gasteiger partial charge >= 0.3 is 12.1 Å². The lowest BCUT2D eigenvalue weighted by atomic mass is 9.83. The van der Waals surface area contributed by atoms with Crippen LogP contribution in [0.2, 0.25) is 0 Å². The van der Waals surface area contributed by atoms with Gasteiger partial charge in [0.2, 0.25) is 17.7 Å². The number of alkyl carbamates (subject to hydrolysis) is 1. The summed E-state index contributed by atoms with van der Waals surface area (Å²) in [4.78, 5) is 78.4. The van der Waals surface area contributed by atoms with Gasteiger partial charge in [-0.1, -0.05) is 19.1 Å². The van der Waals surface area contributed by atoms with E-state index in [0.29, 0.717) is 18.7 Å². The number of amides is 4. The number of methoxy groups -OCH3 is 1. The molecule has 16 heteroatoms. The third-order valence-corrected chi connectivity index (χ3v) is 7.06. The highest BCUT2D eigenvalue weighted by molar-refractivity contribution is 5.98. The second-order valence-corrected chi connectivity index (χ2v) is 14.1. The number of hydrogen-bond acceptors (Lipinski definition) is 11. The molecule has 16 nitrogen and oxygen atoms in total. The highest BCUT2D eigenvalue weighted by Crippen LogP contribution is 2.24. The second kappa shape index (κ2) is 15.0. The summed E-state index contributed by atoms with van der Waals surface area (Å²) in [6, 6.07) is -2.24. The number of rotatable bonds is 4. The lowest BCUT2D eigenvalue weighted by molar-refractivity contribution is -0.150. The number of fused-ring (bicyclic) bond motifs is 2. The molecule has 4 amide bonds. The summed E-state index contributed by atoms with van der Waals surface area (Å²) in [7, 11) is 1.19. The average Bonchev–Trinajstić information content (AvgIpc) is 3.36. The molecular weight excluding hydrogens is 602 g/mol. The Balaban J connectivity index is 2.38. The van der Waals surface area contributed by atoms with E-state index in [1.807, 2.05) is 0 Å². The Morgan fingerprint density at radius 1 is 1.07 bits per heavy atom. The van der Waals surface area contributed by atoms with Gasteiger partial charge in [-0.15, -0.1) is 5.10 Å². The Kier molecular flexibility index (Phi) is 12.4. The molecule has 0 spiro atoms. The molecule has 2 rings (SSSR count). The van der Waals surface area contributed by atoms with Crippen LogP contribution in [0.5, 0.6) is 0 Å². The Bertz CT molecular complexity index is 1300. The number of ketones is 1. The maximum atomic E-state index is 13.5. The van der Waals surface area contributed by atoms with Crippen LogP contribution in [0.1, 0.15) is 87.3 Å². The fraction of sp³-hybridized carbons (Fsp3) is 0.733. The van der Waals surface area contributed by atoms with Crippen molar-refractivity contribution in [2.24, 2.45) is 5.41 Å². The van der Waals surface area contributed by atoms with Gasteiger partial charge < -0.3 is 35.5 Å². The van der Waals surface area contributed by atoms with Crippen molar-refractivity contribution in [3.8, 4) is 0 Å². The summed E-state index contributed by atoms with van der Waals surface area (Å²) in [5, 5.41) is 18.6. The van der Waals surface area contributed by atoms with E-state index in [0.717, 1.165) is 0 Å². The summed E-state index contributed by atoms with van der Waals surface area (Å²) in [5.74, 6) is -3.16. The van der Waals surface area contributed by atoms with Crippen LogP contribution in [0.15, 0.2) is 6.20 Å². The fourth-order valence-electron chi connectivity index (χ4n) is 4.39. The summed E-state index contributed by atoms with van der Waals surface area (Å²) in [6.45, 7) is 14.0. The van der Waals surface area contributed by atoms with Crippen molar-refractivity contribution in [2.75, 3.05) is 13.7 Å². The van der Waals surface area contributed by atoms with E-state index in [1.54, 1.807) is 45.5 Å². The third kappa shape index (κ3) is 11.4. The number of esters is 1. The number of aryl methyl sites for hydroxylation is 1. The number of nitrogens with one attached hydrogen (secondary N) is 4. The van der Waals surface area contributed by atoms with E-state index >= 15 is 0 Å². The zero-order valence-corrected chi connectivity index (χ0v) is 28.5. The van der Waals surface area contributed by atoms with E-state index in [1.165, 1.54) is 34.8 Å². The molecule has 0 radical (unpaired) electrons. The molecule has 1 aromatic heterocycles. The number of carbonyl (C=O) groups is 6. The molecule has 0 fully saturated rings. The van der Waals surface area contributed by atoms with Crippen LogP contribution in [-0.2, 0) is 51.3 Å². The number of ether oxygens (including phenoxy) is 3. The van der Waals surface area contributed by atoms with Crippen LogP contribution in [0, 0.1) is 5.41 Å². The van der Waals surface area contributed by atoms with Gasteiger partial charge in [0, 0.05) is 13.0 Å². The van der Waals surface area contributed by atoms with Gasteiger partial charge in [-0.25, -0.2) is 9.59 Å². The predicted octanol–water partition coefficient (Wildman–Crippen LogP) is 0.915. The summed E-state index contributed by atoms with van der Waals surface area (Å²) in [5.41, 5.74) is -4.61. The van der Waals surface area contributed by atoms with Crippen molar-refractivity contribution >= 4 is 35.6 Å². The van der Waals surface area contributed by atoms with Crippen molar-refractivity contribution in [1.29, 1.82) is 0 Å². The van der Waals surface area contributed by atoms with Gasteiger partial charge in [0.15, 0.2) is 5.78 Å². The summed E-state index contributed by atoms with van der Waals surface area (Å²) >= 11 is 0. The van der Waals surface area contributed by atoms with E-state index in [4.69, 9.17) is 14.2 Å². The van der Waals surface area contributed by atoms with Crippen molar-refractivity contribution in [1.82, 2.24) is 36.3 Å². The third-order valence-electron chi connectivity index (χ3n) is 7.06. The van der Waals surface area contributed by atoms with E-state index < -0.39 is 69.7 Å². The molecule has 1 aliphatic heterocycles. The minimum Gasteiger partial charge on any atom is -0.467 e. The molecule has 2 heterocycles. The van der Waals surface area contributed by atoms with Crippen LogP contribution < -0.4 is 21.3 Å². The molecule has 0 unspecified atom stereocenters. The lowest BCUT2D eigenvalue weighted by Crippen LogP contribution is -2.63. The van der Waals surface area contributed by atoms with Crippen LogP contribution >= 0.6 is 0 Å². The van der Waals surface area contributed by atoms with E-state index in [2.05, 4.69) is 31.6 Å². The Morgan fingerprint density at radius 3 is 2.33 bits per heavy atom. The van der Waals surface area contributed by atoms with Crippen LogP contribution in [0.3, 0.4) is 0 Å². The van der Waals surface area contributed by atoms with Crippen molar-refractivity contribution < 1.29 is 43.0 Å². The SMILES string of the molecule is COC(=O)C(C)(C)NC(=O)[C@@H]1COCc2cn(nn2)CCC[C@H](NC(=O)OC(C)(C)C)C(=O)CC(C)(C)C(=O)NC(C)(C)C(=O)N1. The normalized spacial score (nSPS) is 21.7. The number of aromatic nitrogens is 3. The van der Waals surface area contributed by atoms with Gasteiger partial charge in [0.05, 0.1) is 38.0 Å². The van der Waals surface area contributed by atoms with Gasteiger partial charge in [-0.05, 0) is 61.3 Å². The van der Waals surface area contributed by atoms with Gasteiger partial charge in [0.25, 0.3) is 0 Å². The predicted molar refractivity (Wildman–Crippen MR) is 164 cm³/mol. The molecule has 1 aliphatic rings. The lowest BCUT2D eigenvalue weighted by Gasteiger charge is -2.33. The van der Waals surface area contributed by atoms with Crippen molar-refractivity contribution in [2.45, 2.75) is 123 Å². The molecule has 1 aromatic rings. The largest absolute Gasteiger partial charge is 0.467 e. The van der Waals surface area contributed by atoms with Gasteiger partial charge in [-0.2, -0.15) is 0 Å². The molecule has 258 valence electrons. The Morgan fingerprint density at radius 2 is 1.72 bits per heavy atom. The molecule has 4 N–H and O–H groups in total. The summed E-state index contributed by atoms with van der Waals surface area (Å²) in [6.07, 6.45) is 1.26. The minimum atomic E-state index is -1.55. The smallest absolute Gasteiger partial charge is 0.408 e. The molecular formula is C30H49N7O9. The highest BCUT2D eigenvalue weighted by atomic mass is 16.6. The van der Waals surface area contributed by atoms with Crippen molar-refractivity contribution in [3.63, 3.8) is 0 Å². The van der Waals surface area contributed by atoms with E-state index in [-0.39, 0.29) is 26.1 Å². The fourth-order valence-corrected chi connectivity index (χ4v) is 4.39. The molecule has 0 aromatic carbocycles. The maximum Gasteiger partial charge on any atom is 0.408 e. The Hall–Kier alpha value is -4.08. The first-order chi connectivity index (χ1) is 21.1. The highest BCUT2D eigenvalue weighted by Gasteiger charge is 2.41. The second-order valence-electron chi connectivity index (χ2n) is 14.1. The monoisotopic (exact) mass is 651 g/mol. The molecule has 0 aliphatic carbocycles. The molecule has 0 saturated carbocycles. The Labute approximate surface area is 269 Å². The quantitative estimate of drug-likeness (QED) is 0.336. The van der Waals surface area contributed by atoms with Crippen LogP contribution in [-0.4, -0.2) is 93.0 Å². The van der Waals surface area contributed by atoms with E-state index in [9.17, 15) is 28.8 Å².